The van der Waals surface area contributed by atoms with E-state index in [-0.39, 0.29) is 12.0 Å². The minimum absolute atomic E-state index is 0.0842. The Morgan fingerprint density at radius 2 is 2.46 bits per heavy atom. The van der Waals surface area contributed by atoms with Gasteiger partial charge in [-0.05, 0) is 25.8 Å². The lowest BCUT2D eigenvalue weighted by atomic mass is 10.2. The predicted octanol–water partition coefficient (Wildman–Crippen LogP) is 0.0205. The molecule has 1 fully saturated rings. The summed E-state index contributed by atoms with van der Waals surface area (Å²) in [5, 5.41) is 2.84. The minimum Gasteiger partial charge on any atom is -0.376 e. The van der Waals surface area contributed by atoms with Gasteiger partial charge in [-0.2, -0.15) is 0 Å². The van der Waals surface area contributed by atoms with Crippen LogP contribution >= 0.6 is 0 Å². The van der Waals surface area contributed by atoms with Gasteiger partial charge in [-0.1, -0.05) is 0 Å². The number of carbonyl (C=O) groups excluding carboxylic acids is 1. The lowest BCUT2D eigenvalue weighted by molar-refractivity contribution is -0.121. The maximum atomic E-state index is 11.1. The zero-order valence-corrected chi connectivity index (χ0v) is 7.92. The van der Waals surface area contributed by atoms with Crippen molar-refractivity contribution in [1.29, 1.82) is 0 Å². The van der Waals surface area contributed by atoms with Crippen LogP contribution in [0.4, 0.5) is 0 Å². The van der Waals surface area contributed by atoms with Crippen LogP contribution < -0.4 is 11.1 Å². The first-order valence-electron chi connectivity index (χ1n) is 4.91. The smallest absolute Gasteiger partial charge is 0.220 e. The van der Waals surface area contributed by atoms with Crippen molar-refractivity contribution in [2.45, 2.75) is 31.8 Å². The van der Waals surface area contributed by atoms with Crippen LogP contribution in [0, 0.1) is 0 Å². The van der Waals surface area contributed by atoms with Gasteiger partial charge in [-0.25, -0.2) is 0 Å². The van der Waals surface area contributed by atoms with Gasteiger partial charge in [0.25, 0.3) is 0 Å². The van der Waals surface area contributed by atoms with Crippen LogP contribution in [0.5, 0.6) is 0 Å². The van der Waals surface area contributed by atoms with Crippen molar-refractivity contribution < 1.29 is 9.53 Å². The van der Waals surface area contributed by atoms with E-state index in [0.29, 0.717) is 19.5 Å². The Labute approximate surface area is 78.8 Å². The summed E-state index contributed by atoms with van der Waals surface area (Å²) >= 11 is 0. The number of nitrogens with two attached hydrogens (primary N) is 1. The highest BCUT2D eigenvalue weighted by atomic mass is 16.5. The number of carbonyl (C=O) groups is 1. The SMILES string of the molecule is NCCCC(=O)NC[C@H]1CCCO1. The molecule has 1 atom stereocenters. The third-order valence-electron chi connectivity index (χ3n) is 2.16. The summed E-state index contributed by atoms with van der Waals surface area (Å²) in [6.07, 6.45) is 3.71. The molecular formula is C9H18N2O2. The predicted molar refractivity (Wildman–Crippen MR) is 50.3 cm³/mol. The molecule has 1 saturated heterocycles. The Bertz CT molecular complexity index is 156. The second-order valence-electron chi connectivity index (χ2n) is 3.33. The lowest BCUT2D eigenvalue weighted by Crippen LogP contribution is -2.31. The van der Waals surface area contributed by atoms with E-state index in [1.165, 1.54) is 0 Å². The molecule has 0 aromatic carbocycles. The van der Waals surface area contributed by atoms with Crippen molar-refractivity contribution in [3.63, 3.8) is 0 Å². The Morgan fingerprint density at radius 1 is 1.62 bits per heavy atom. The average molecular weight is 186 g/mol. The molecule has 3 N–H and O–H groups in total. The fourth-order valence-electron chi connectivity index (χ4n) is 1.38. The third kappa shape index (κ3) is 4.24. The van der Waals surface area contributed by atoms with Crippen molar-refractivity contribution in [3.8, 4) is 0 Å². The van der Waals surface area contributed by atoms with Crippen LogP contribution in [0.25, 0.3) is 0 Å². The van der Waals surface area contributed by atoms with Gasteiger partial charge in [0.1, 0.15) is 0 Å². The van der Waals surface area contributed by atoms with Gasteiger partial charge in [0, 0.05) is 19.6 Å². The standard InChI is InChI=1S/C9H18N2O2/c10-5-1-4-9(12)11-7-8-3-2-6-13-8/h8H,1-7,10H2,(H,11,12)/t8-/m1/s1. The van der Waals surface area contributed by atoms with E-state index in [2.05, 4.69) is 5.32 Å². The number of nitrogens with one attached hydrogen (secondary N) is 1. The molecule has 1 aliphatic rings. The second-order valence-corrected chi connectivity index (χ2v) is 3.33. The molecule has 0 bridgehead atoms. The van der Waals surface area contributed by atoms with Crippen molar-refractivity contribution >= 4 is 5.91 Å². The number of ether oxygens (including phenoxy) is 1. The molecular weight excluding hydrogens is 168 g/mol. The molecule has 0 spiro atoms. The van der Waals surface area contributed by atoms with E-state index in [1.54, 1.807) is 0 Å². The number of amides is 1. The Hall–Kier alpha value is -0.610. The zero-order chi connectivity index (χ0) is 9.52. The van der Waals surface area contributed by atoms with Crippen LogP contribution in [0.1, 0.15) is 25.7 Å². The van der Waals surface area contributed by atoms with Crippen molar-refractivity contribution in [2.75, 3.05) is 19.7 Å². The van der Waals surface area contributed by atoms with E-state index in [1.807, 2.05) is 0 Å². The van der Waals surface area contributed by atoms with Gasteiger partial charge in [0.05, 0.1) is 6.10 Å². The topological polar surface area (TPSA) is 64.4 Å². The first kappa shape index (κ1) is 10.5. The highest BCUT2D eigenvalue weighted by Crippen LogP contribution is 2.10. The summed E-state index contributed by atoms with van der Waals surface area (Å²) < 4.78 is 5.37. The fourth-order valence-corrected chi connectivity index (χ4v) is 1.38. The maximum Gasteiger partial charge on any atom is 0.220 e. The molecule has 0 aliphatic carbocycles. The molecule has 1 amide bonds. The summed E-state index contributed by atoms with van der Waals surface area (Å²) in [4.78, 5) is 11.1. The van der Waals surface area contributed by atoms with Crippen LogP contribution in [-0.2, 0) is 9.53 Å². The molecule has 13 heavy (non-hydrogen) atoms. The van der Waals surface area contributed by atoms with Crippen molar-refractivity contribution in [3.05, 3.63) is 0 Å². The highest BCUT2D eigenvalue weighted by molar-refractivity contribution is 5.75. The quantitative estimate of drug-likeness (QED) is 0.636. The van der Waals surface area contributed by atoms with Gasteiger partial charge in [0.15, 0.2) is 0 Å². The van der Waals surface area contributed by atoms with E-state index in [0.717, 1.165) is 25.9 Å². The molecule has 0 aromatic heterocycles. The Balaban J connectivity index is 2.00. The molecule has 0 unspecified atom stereocenters. The Kier molecular flexibility index (Phi) is 4.78. The molecule has 76 valence electrons. The van der Waals surface area contributed by atoms with Crippen LogP contribution in [-0.4, -0.2) is 31.7 Å². The van der Waals surface area contributed by atoms with E-state index in [9.17, 15) is 4.79 Å². The number of rotatable bonds is 5. The molecule has 4 heteroatoms. The molecule has 1 aliphatic heterocycles. The van der Waals surface area contributed by atoms with E-state index in [4.69, 9.17) is 10.5 Å². The zero-order valence-electron chi connectivity index (χ0n) is 7.92. The molecule has 0 aromatic rings. The summed E-state index contributed by atoms with van der Waals surface area (Å²) in [7, 11) is 0. The van der Waals surface area contributed by atoms with Gasteiger partial charge in [-0.3, -0.25) is 4.79 Å². The first-order valence-corrected chi connectivity index (χ1v) is 4.91. The molecule has 1 rings (SSSR count). The van der Waals surface area contributed by atoms with Crippen LogP contribution in [0.3, 0.4) is 0 Å². The number of hydrogen-bond acceptors (Lipinski definition) is 3. The fraction of sp³-hybridized carbons (Fsp3) is 0.889. The van der Waals surface area contributed by atoms with E-state index < -0.39 is 0 Å². The maximum absolute atomic E-state index is 11.1. The largest absolute Gasteiger partial charge is 0.376 e. The van der Waals surface area contributed by atoms with Gasteiger partial charge in [-0.15, -0.1) is 0 Å². The van der Waals surface area contributed by atoms with Crippen LogP contribution in [0.2, 0.25) is 0 Å². The molecule has 1 heterocycles. The average Bonchev–Trinajstić information content (AvgIpc) is 2.64. The van der Waals surface area contributed by atoms with Crippen molar-refractivity contribution in [2.24, 2.45) is 5.73 Å². The van der Waals surface area contributed by atoms with Crippen molar-refractivity contribution in [1.82, 2.24) is 5.32 Å². The highest BCUT2D eigenvalue weighted by Gasteiger charge is 2.15. The second kappa shape index (κ2) is 5.94. The van der Waals surface area contributed by atoms with E-state index >= 15 is 0 Å². The summed E-state index contributed by atoms with van der Waals surface area (Å²) in [5.41, 5.74) is 5.29. The molecule has 0 radical (unpaired) electrons. The van der Waals surface area contributed by atoms with Gasteiger partial charge < -0.3 is 15.8 Å². The third-order valence-corrected chi connectivity index (χ3v) is 2.16. The monoisotopic (exact) mass is 186 g/mol. The minimum atomic E-state index is 0.0842. The Morgan fingerprint density at radius 3 is 3.08 bits per heavy atom. The molecule has 0 saturated carbocycles. The van der Waals surface area contributed by atoms with Gasteiger partial charge in [0.2, 0.25) is 5.91 Å². The van der Waals surface area contributed by atoms with Gasteiger partial charge >= 0.3 is 0 Å². The normalized spacial score (nSPS) is 21.8. The summed E-state index contributed by atoms with van der Waals surface area (Å²) in [6.45, 7) is 2.07. The lowest BCUT2D eigenvalue weighted by Gasteiger charge is -2.10. The summed E-state index contributed by atoms with van der Waals surface area (Å²) in [5.74, 6) is 0.0842. The molecule has 4 nitrogen and oxygen atoms in total. The first-order chi connectivity index (χ1) is 6.33. The summed E-state index contributed by atoms with van der Waals surface area (Å²) in [6, 6.07) is 0. The van der Waals surface area contributed by atoms with Crippen LogP contribution in [0.15, 0.2) is 0 Å². The number of hydrogen-bond donors (Lipinski definition) is 2.